The number of nitrogens with one attached hydrogen (secondary N) is 1. The molecule has 0 radical (unpaired) electrons. The zero-order valence-corrected chi connectivity index (χ0v) is 12.7. The first-order valence-electron chi connectivity index (χ1n) is 6.50. The van der Waals surface area contributed by atoms with Crippen molar-refractivity contribution < 1.29 is 24.2 Å². The van der Waals surface area contributed by atoms with Crippen LogP contribution in [0.15, 0.2) is 0 Å². The quantitative estimate of drug-likeness (QED) is 0.675. The SMILES string of the molecule is COC(=O)C(C)CN(C)C(=O)NCC(C(=O)O)C(C)C. The monoisotopic (exact) mass is 288 g/mol. The maximum atomic E-state index is 11.8. The molecule has 0 bridgehead atoms. The average Bonchev–Trinajstić information content (AvgIpc) is 2.36. The van der Waals surface area contributed by atoms with Gasteiger partial charge in [0.15, 0.2) is 0 Å². The van der Waals surface area contributed by atoms with E-state index in [4.69, 9.17) is 5.11 Å². The number of esters is 1. The lowest BCUT2D eigenvalue weighted by Gasteiger charge is -2.23. The third-order valence-electron chi connectivity index (χ3n) is 3.09. The minimum atomic E-state index is -0.939. The standard InChI is InChI=1S/C13H24N2O5/c1-8(2)10(11(16)17)6-14-13(19)15(4)7-9(3)12(18)20-5/h8-10H,6-7H2,1-5H3,(H,14,19)(H,16,17). The number of hydrogen-bond donors (Lipinski definition) is 2. The third-order valence-corrected chi connectivity index (χ3v) is 3.09. The van der Waals surface area contributed by atoms with Crippen LogP contribution in [-0.4, -0.2) is 55.2 Å². The van der Waals surface area contributed by atoms with E-state index in [-0.39, 0.29) is 19.0 Å². The van der Waals surface area contributed by atoms with Gasteiger partial charge in [0.1, 0.15) is 0 Å². The Bertz CT molecular complexity index is 357. The van der Waals surface area contributed by atoms with E-state index >= 15 is 0 Å². The lowest BCUT2D eigenvalue weighted by molar-refractivity contribution is -0.145. The van der Waals surface area contributed by atoms with Gasteiger partial charge in [-0.1, -0.05) is 20.8 Å². The summed E-state index contributed by atoms with van der Waals surface area (Å²) in [6, 6.07) is -0.410. The van der Waals surface area contributed by atoms with Crippen molar-refractivity contribution in [2.45, 2.75) is 20.8 Å². The minimum Gasteiger partial charge on any atom is -0.481 e. The van der Waals surface area contributed by atoms with Crippen molar-refractivity contribution >= 4 is 18.0 Å². The molecule has 0 aromatic carbocycles. The fourth-order valence-electron chi connectivity index (χ4n) is 1.71. The largest absolute Gasteiger partial charge is 0.481 e. The predicted octanol–water partition coefficient (Wildman–Crippen LogP) is 0.794. The molecule has 0 aromatic heterocycles. The molecule has 0 saturated carbocycles. The summed E-state index contributed by atoms with van der Waals surface area (Å²) in [5, 5.41) is 11.6. The van der Waals surface area contributed by atoms with Gasteiger partial charge in [-0.3, -0.25) is 9.59 Å². The zero-order valence-electron chi connectivity index (χ0n) is 12.7. The number of carboxylic acids is 1. The Labute approximate surface area is 119 Å². The van der Waals surface area contributed by atoms with Gasteiger partial charge in [-0.25, -0.2) is 4.79 Å². The number of hydrogen-bond acceptors (Lipinski definition) is 4. The van der Waals surface area contributed by atoms with E-state index in [9.17, 15) is 14.4 Å². The second-order valence-corrected chi connectivity index (χ2v) is 5.18. The Morgan fingerprint density at radius 2 is 1.80 bits per heavy atom. The predicted molar refractivity (Wildman–Crippen MR) is 73.2 cm³/mol. The van der Waals surface area contributed by atoms with Gasteiger partial charge in [0, 0.05) is 20.1 Å². The highest BCUT2D eigenvalue weighted by atomic mass is 16.5. The van der Waals surface area contributed by atoms with Gasteiger partial charge in [-0.2, -0.15) is 0 Å². The van der Waals surface area contributed by atoms with Crippen LogP contribution in [-0.2, 0) is 14.3 Å². The molecule has 2 N–H and O–H groups in total. The first-order chi connectivity index (χ1) is 9.20. The van der Waals surface area contributed by atoms with Crippen LogP contribution in [0, 0.1) is 17.8 Å². The lowest BCUT2D eigenvalue weighted by atomic mass is 9.96. The number of urea groups is 1. The van der Waals surface area contributed by atoms with Crippen LogP contribution in [0.1, 0.15) is 20.8 Å². The number of ether oxygens (including phenoxy) is 1. The number of amides is 2. The molecular formula is C13H24N2O5. The summed E-state index contributed by atoms with van der Waals surface area (Å²) in [6.07, 6.45) is 0. The Balaban J connectivity index is 4.33. The number of nitrogens with zero attached hydrogens (tertiary/aromatic N) is 1. The van der Waals surface area contributed by atoms with Gasteiger partial charge in [0.05, 0.1) is 18.9 Å². The van der Waals surface area contributed by atoms with E-state index in [0.717, 1.165) is 0 Å². The molecule has 0 rings (SSSR count). The zero-order chi connectivity index (χ0) is 15.9. The molecule has 0 aliphatic carbocycles. The van der Waals surface area contributed by atoms with Gasteiger partial charge in [0.2, 0.25) is 0 Å². The summed E-state index contributed by atoms with van der Waals surface area (Å²) in [5.74, 6) is -2.48. The van der Waals surface area contributed by atoms with Crippen LogP contribution in [0.25, 0.3) is 0 Å². The number of rotatable bonds is 7. The van der Waals surface area contributed by atoms with Gasteiger partial charge in [-0.15, -0.1) is 0 Å². The number of carbonyl (C=O) groups excluding carboxylic acids is 2. The summed E-state index contributed by atoms with van der Waals surface area (Å²) >= 11 is 0. The van der Waals surface area contributed by atoms with Gasteiger partial charge in [-0.05, 0) is 5.92 Å². The smallest absolute Gasteiger partial charge is 0.317 e. The van der Waals surface area contributed by atoms with E-state index in [1.165, 1.54) is 12.0 Å². The highest BCUT2D eigenvalue weighted by molar-refractivity contribution is 5.77. The molecule has 116 valence electrons. The Morgan fingerprint density at radius 1 is 1.25 bits per heavy atom. The highest BCUT2D eigenvalue weighted by Gasteiger charge is 2.23. The lowest BCUT2D eigenvalue weighted by Crippen LogP contribution is -2.44. The molecule has 0 aliphatic rings. The van der Waals surface area contributed by atoms with Crippen LogP contribution in [0.4, 0.5) is 4.79 Å². The Hall–Kier alpha value is -1.79. The van der Waals surface area contributed by atoms with E-state index < -0.39 is 29.8 Å². The van der Waals surface area contributed by atoms with Gasteiger partial charge >= 0.3 is 18.0 Å². The van der Waals surface area contributed by atoms with Crippen molar-refractivity contribution in [3.05, 3.63) is 0 Å². The second-order valence-electron chi connectivity index (χ2n) is 5.18. The molecule has 0 aliphatic heterocycles. The van der Waals surface area contributed by atoms with E-state index in [0.29, 0.717) is 0 Å². The van der Waals surface area contributed by atoms with Crippen molar-refractivity contribution in [1.82, 2.24) is 10.2 Å². The van der Waals surface area contributed by atoms with Crippen molar-refractivity contribution in [3.63, 3.8) is 0 Å². The van der Waals surface area contributed by atoms with Crippen LogP contribution >= 0.6 is 0 Å². The summed E-state index contributed by atoms with van der Waals surface area (Å²) in [4.78, 5) is 35.4. The first-order valence-corrected chi connectivity index (χ1v) is 6.50. The fourth-order valence-corrected chi connectivity index (χ4v) is 1.71. The van der Waals surface area contributed by atoms with Crippen molar-refractivity contribution in [2.75, 3.05) is 27.2 Å². The molecule has 2 atom stereocenters. The first kappa shape index (κ1) is 18.2. The third kappa shape index (κ3) is 5.90. The van der Waals surface area contributed by atoms with Crippen LogP contribution in [0.3, 0.4) is 0 Å². The topological polar surface area (TPSA) is 95.9 Å². The van der Waals surface area contributed by atoms with Crippen molar-refractivity contribution in [2.24, 2.45) is 17.8 Å². The fraction of sp³-hybridized carbons (Fsp3) is 0.769. The maximum Gasteiger partial charge on any atom is 0.317 e. The summed E-state index contributed by atoms with van der Waals surface area (Å²) in [7, 11) is 2.83. The van der Waals surface area contributed by atoms with E-state index in [2.05, 4.69) is 10.1 Å². The Kier molecular flexibility index (Phi) is 7.64. The normalized spacial score (nSPS) is 13.5. The molecule has 20 heavy (non-hydrogen) atoms. The van der Waals surface area contributed by atoms with E-state index in [1.54, 1.807) is 27.8 Å². The van der Waals surface area contributed by atoms with Crippen LogP contribution in [0.5, 0.6) is 0 Å². The number of carboxylic acid groups (broad SMARTS) is 1. The summed E-state index contributed by atoms with van der Waals surface area (Å²) in [6.45, 7) is 5.49. The van der Waals surface area contributed by atoms with Gasteiger partial charge in [0.25, 0.3) is 0 Å². The molecule has 2 amide bonds. The molecule has 0 saturated heterocycles. The average molecular weight is 288 g/mol. The maximum absolute atomic E-state index is 11.8. The van der Waals surface area contributed by atoms with Crippen LogP contribution < -0.4 is 5.32 Å². The minimum absolute atomic E-state index is 0.0583. The highest BCUT2D eigenvalue weighted by Crippen LogP contribution is 2.10. The molecule has 2 unspecified atom stereocenters. The van der Waals surface area contributed by atoms with Crippen molar-refractivity contribution in [3.8, 4) is 0 Å². The molecule has 0 heterocycles. The van der Waals surface area contributed by atoms with Crippen molar-refractivity contribution in [1.29, 1.82) is 0 Å². The number of methoxy groups -OCH3 is 1. The Morgan fingerprint density at radius 3 is 2.20 bits per heavy atom. The molecule has 7 nitrogen and oxygen atoms in total. The number of aliphatic carboxylic acids is 1. The molecule has 0 aromatic rings. The second kappa shape index (κ2) is 8.39. The number of carbonyl (C=O) groups is 3. The van der Waals surface area contributed by atoms with Gasteiger partial charge < -0.3 is 20.1 Å². The molecule has 0 fully saturated rings. The molecule has 7 heteroatoms. The van der Waals surface area contributed by atoms with E-state index in [1.807, 2.05) is 0 Å². The van der Waals surface area contributed by atoms with Crippen LogP contribution in [0.2, 0.25) is 0 Å². The summed E-state index contributed by atoms with van der Waals surface area (Å²) in [5.41, 5.74) is 0. The molecular weight excluding hydrogens is 264 g/mol. The molecule has 0 spiro atoms. The summed E-state index contributed by atoms with van der Waals surface area (Å²) < 4.78 is 4.58.